The van der Waals surface area contributed by atoms with E-state index in [1.807, 2.05) is 18.2 Å². The lowest BCUT2D eigenvalue weighted by Gasteiger charge is -2.34. The molecule has 1 heterocycles. The molecule has 0 aromatic heterocycles. The van der Waals surface area contributed by atoms with Crippen LogP contribution in [-0.2, 0) is 0 Å². The maximum Gasteiger partial charge on any atom is 0.104 e. The predicted molar refractivity (Wildman–Crippen MR) is 93.9 cm³/mol. The fourth-order valence-electron chi connectivity index (χ4n) is 4.18. The van der Waals surface area contributed by atoms with Gasteiger partial charge in [0.1, 0.15) is 6.17 Å². The van der Waals surface area contributed by atoms with E-state index >= 15 is 0 Å². The second-order valence-electron chi connectivity index (χ2n) is 6.50. The Morgan fingerprint density at radius 2 is 1.74 bits per heavy atom. The third-order valence-corrected chi connectivity index (χ3v) is 5.17. The molecule has 3 heteroatoms. The minimum Gasteiger partial charge on any atom is -0.346 e. The number of nitriles is 1. The van der Waals surface area contributed by atoms with Crippen LogP contribution in [0.5, 0.6) is 0 Å². The first-order chi connectivity index (χ1) is 11.3. The second-order valence-corrected chi connectivity index (χ2v) is 6.50. The molecule has 2 aliphatic rings. The highest BCUT2D eigenvalue weighted by Crippen LogP contribution is 2.46. The quantitative estimate of drug-likeness (QED) is 0.798. The van der Waals surface area contributed by atoms with Crippen molar-refractivity contribution < 1.29 is 0 Å². The van der Waals surface area contributed by atoms with E-state index in [-0.39, 0.29) is 6.17 Å². The standard InChI is InChI=1S/C20H21N3/c1-15-22(17-8-2-3-9-17)19-11-4-5-12-20(19)23(15)18-10-6-7-16(13-18)14-21/h4-7,10-13,15,17H,2-3,8-9H2,1H3/t15-/m1/s1. The van der Waals surface area contributed by atoms with Crippen LogP contribution in [0.15, 0.2) is 48.5 Å². The van der Waals surface area contributed by atoms with Gasteiger partial charge in [-0.25, -0.2) is 0 Å². The van der Waals surface area contributed by atoms with Crippen LogP contribution in [0.25, 0.3) is 0 Å². The molecule has 0 amide bonds. The Balaban J connectivity index is 1.80. The van der Waals surface area contributed by atoms with Crippen molar-refractivity contribution in [3.05, 3.63) is 54.1 Å². The minimum absolute atomic E-state index is 0.282. The van der Waals surface area contributed by atoms with Gasteiger partial charge < -0.3 is 9.80 Å². The molecule has 0 bridgehead atoms. The molecule has 2 aromatic rings. The minimum atomic E-state index is 0.282. The van der Waals surface area contributed by atoms with Gasteiger partial charge in [-0.15, -0.1) is 0 Å². The Kier molecular flexibility index (Phi) is 3.46. The maximum atomic E-state index is 9.21. The monoisotopic (exact) mass is 303 g/mol. The first kappa shape index (κ1) is 14.1. The van der Waals surface area contributed by atoms with Crippen LogP contribution in [0.3, 0.4) is 0 Å². The van der Waals surface area contributed by atoms with Gasteiger partial charge in [-0.1, -0.05) is 31.0 Å². The first-order valence-corrected chi connectivity index (χ1v) is 8.46. The second kappa shape index (κ2) is 5.62. The zero-order chi connectivity index (χ0) is 15.8. The fraction of sp³-hybridized carbons (Fsp3) is 0.350. The summed E-state index contributed by atoms with van der Waals surface area (Å²) in [6.07, 6.45) is 5.51. The van der Waals surface area contributed by atoms with E-state index in [0.717, 1.165) is 5.69 Å². The molecule has 0 unspecified atom stereocenters. The van der Waals surface area contributed by atoms with Crippen LogP contribution in [0.2, 0.25) is 0 Å². The third kappa shape index (κ3) is 2.26. The lowest BCUT2D eigenvalue weighted by Crippen LogP contribution is -2.43. The Hall–Kier alpha value is -2.47. The molecule has 2 aromatic carbocycles. The summed E-state index contributed by atoms with van der Waals surface area (Å²) in [6.45, 7) is 2.28. The summed E-state index contributed by atoms with van der Waals surface area (Å²) in [5.74, 6) is 0. The highest BCUT2D eigenvalue weighted by Gasteiger charge is 2.38. The Labute approximate surface area is 137 Å². The van der Waals surface area contributed by atoms with Crippen molar-refractivity contribution >= 4 is 17.1 Å². The summed E-state index contributed by atoms with van der Waals surface area (Å²) < 4.78 is 0. The van der Waals surface area contributed by atoms with Gasteiger partial charge in [0, 0.05) is 11.7 Å². The van der Waals surface area contributed by atoms with Crippen molar-refractivity contribution in [3.8, 4) is 6.07 Å². The molecule has 4 rings (SSSR count). The van der Waals surface area contributed by atoms with Gasteiger partial charge in [0.05, 0.1) is 23.0 Å². The summed E-state index contributed by atoms with van der Waals surface area (Å²) in [4.78, 5) is 4.95. The number of benzene rings is 2. The fourth-order valence-corrected chi connectivity index (χ4v) is 4.18. The molecular formula is C20H21N3. The summed E-state index contributed by atoms with van der Waals surface area (Å²) in [5, 5.41) is 9.21. The van der Waals surface area contributed by atoms with Crippen molar-refractivity contribution in [1.82, 2.24) is 0 Å². The SMILES string of the molecule is C[C@H]1N(c2cccc(C#N)c2)c2ccccc2N1C1CCCC1. The van der Waals surface area contributed by atoms with E-state index in [1.165, 1.54) is 37.1 Å². The summed E-state index contributed by atoms with van der Waals surface area (Å²) in [6, 6.07) is 19.5. The summed E-state index contributed by atoms with van der Waals surface area (Å²) in [5.41, 5.74) is 4.40. The van der Waals surface area contributed by atoms with E-state index in [4.69, 9.17) is 0 Å². The normalized spacial score (nSPS) is 20.6. The molecule has 0 saturated heterocycles. The van der Waals surface area contributed by atoms with Gasteiger partial charge in [-0.05, 0) is 50.1 Å². The molecule has 3 nitrogen and oxygen atoms in total. The van der Waals surface area contributed by atoms with Crippen molar-refractivity contribution in [2.24, 2.45) is 0 Å². The van der Waals surface area contributed by atoms with Gasteiger partial charge in [0.25, 0.3) is 0 Å². The van der Waals surface area contributed by atoms with E-state index in [9.17, 15) is 5.26 Å². The van der Waals surface area contributed by atoms with Crippen LogP contribution in [-0.4, -0.2) is 12.2 Å². The third-order valence-electron chi connectivity index (χ3n) is 5.17. The number of hydrogen-bond acceptors (Lipinski definition) is 3. The molecular weight excluding hydrogens is 282 g/mol. The number of para-hydroxylation sites is 2. The Bertz CT molecular complexity index is 755. The highest BCUT2D eigenvalue weighted by atomic mass is 15.4. The molecule has 1 aliphatic heterocycles. The maximum absolute atomic E-state index is 9.21. The van der Waals surface area contributed by atoms with Crippen LogP contribution >= 0.6 is 0 Å². The molecule has 1 fully saturated rings. The van der Waals surface area contributed by atoms with Crippen molar-refractivity contribution in [3.63, 3.8) is 0 Å². The van der Waals surface area contributed by atoms with E-state index in [0.29, 0.717) is 11.6 Å². The van der Waals surface area contributed by atoms with Crippen molar-refractivity contribution in [2.75, 3.05) is 9.80 Å². The Morgan fingerprint density at radius 3 is 2.48 bits per heavy atom. The lowest BCUT2D eigenvalue weighted by atomic mass is 10.2. The molecule has 1 atom stereocenters. The van der Waals surface area contributed by atoms with E-state index in [1.54, 1.807) is 0 Å². The Morgan fingerprint density at radius 1 is 1.00 bits per heavy atom. The van der Waals surface area contributed by atoms with Gasteiger partial charge in [0.15, 0.2) is 0 Å². The van der Waals surface area contributed by atoms with Crippen LogP contribution < -0.4 is 9.80 Å². The van der Waals surface area contributed by atoms with E-state index in [2.05, 4.69) is 53.1 Å². The molecule has 0 radical (unpaired) electrons. The van der Waals surface area contributed by atoms with Crippen LogP contribution in [0.1, 0.15) is 38.2 Å². The molecule has 0 spiro atoms. The zero-order valence-electron chi connectivity index (χ0n) is 13.4. The average molecular weight is 303 g/mol. The topological polar surface area (TPSA) is 30.3 Å². The predicted octanol–water partition coefficient (Wildman–Crippen LogP) is 4.80. The number of hydrogen-bond donors (Lipinski definition) is 0. The van der Waals surface area contributed by atoms with Crippen molar-refractivity contribution in [2.45, 2.75) is 44.8 Å². The van der Waals surface area contributed by atoms with Crippen molar-refractivity contribution in [1.29, 1.82) is 5.26 Å². The van der Waals surface area contributed by atoms with Crippen LogP contribution in [0, 0.1) is 11.3 Å². The largest absolute Gasteiger partial charge is 0.346 e. The zero-order valence-corrected chi connectivity index (χ0v) is 13.4. The number of anilines is 3. The smallest absolute Gasteiger partial charge is 0.104 e. The molecule has 1 aliphatic carbocycles. The average Bonchev–Trinajstić information content (AvgIpc) is 3.20. The number of fused-ring (bicyclic) bond motifs is 1. The van der Waals surface area contributed by atoms with Gasteiger partial charge in [-0.3, -0.25) is 0 Å². The molecule has 23 heavy (non-hydrogen) atoms. The first-order valence-electron chi connectivity index (χ1n) is 8.46. The molecule has 116 valence electrons. The van der Waals surface area contributed by atoms with E-state index < -0.39 is 0 Å². The van der Waals surface area contributed by atoms with Gasteiger partial charge >= 0.3 is 0 Å². The lowest BCUT2D eigenvalue weighted by molar-refractivity contribution is 0.555. The summed E-state index contributed by atoms with van der Waals surface area (Å²) >= 11 is 0. The van der Waals surface area contributed by atoms with Gasteiger partial charge in [0.2, 0.25) is 0 Å². The molecule has 1 saturated carbocycles. The van der Waals surface area contributed by atoms with Gasteiger partial charge in [-0.2, -0.15) is 5.26 Å². The number of nitrogens with zero attached hydrogens (tertiary/aromatic N) is 3. The van der Waals surface area contributed by atoms with Crippen LogP contribution in [0.4, 0.5) is 17.1 Å². The summed E-state index contributed by atoms with van der Waals surface area (Å²) in [7, 11) is 0. The highest BCUT2D eigenvalue weighted by molar-refractivity contribution is 5.84. The molecule has 0 N–H and O–H groups in total. The number of rotatable bonds is 2.